The van der Waals surface area contributed by atoms with Gasteiger partial charge in [0.25, 0.3) is 11.8 Å². The molecule has 0 spiro atoms. The summed E-state index contributed by atoms with van der Waals surface area (Å²) in [5, 5.41) is 6.73. The van der Waals surface area contributed by atoms with Gasteiger partial charge in [-0.1, -0.05) is 48.5 Å². The number of anilines is 1. The predicted octanol–water partition coefficient (Wildman–Crippen LogP) is 4.42. The number of benzene rings is 3. The highest BCUT2D eigenvalue weighted by Crippen LogP contribution is 2.21. The highest BCUT2D eigenvalue weighted by molar-refractivity contribution is 6.08. The largest absolute Gasteiger partial charge is 0.348 e. The molecule has 5 heteroatoms. The van der Waals surface area contributed by atoms with Gasteiger partial charge in [0.05, 0.1) is 11.2 Å². The zero-order chi connectivity index (χ0) is 20.1. The van der Waals surface area contributed by atoms with Crippen LogP contribution in [0.15, 0.2) is 91.1 Å². The number of para-hydroxylation sites is 1. The third-order valence-corrected chi connectivity index (χ3v) is 4.59. The van der Waals surface area contributed by atoms with Crippen LogP contribution in [-0.4, -0.2) is 16.8 Å². The highest BCUT2D eigenvalue weighted by Gasteiger charge is 2.11. The Morgan fingerprint density at radius 3 is 2.17 bits per heavy atom. The Labute approximate surface area is 168 Å². The van der Waals surface area contributed by atoms with Crippen LogP contribution in [-0.2, 0) is 6.54 Å². The molecule has 0 fully saturated rings. The molecule has 2 amide bonds. The Hall–Kier alpha value is -3.99. The molecule has 0 saturated heterocycles. The average molecular weight is 381 g/mol. The maximum atomic E-state index is 12.6. The van der Waals surface area contributed by atoms with Crippen LogP contribution in [0.2, 0.25) is 0 Å². The minimum Gasteiger partial charge on any atom is -0.348 e. The van der Waals surface area contributed by atoms with E-state index in [1.807, 2.05) is 60.7 Å². The van der Waals surface area contributed by atoms with Crippen LogP contribution in [0.3, 0.4) is 0 Å². The molecular weight excluding hydrogens is 362 g/mol. The van der Waals surface area contributed by atoms with E-state index >= 15 is 0 Å². The number of hydrogen-bond acceptors (Lipinski definition) is 3. The van der Waals surface area contributed by atoms with E-state index in [2.05, 4.69) is 15.6 Å². The Morgan fingerprint density at radius 2 is 1.41 bits per heavy atom. The summed E-state index contributed by atoms with van der Waals surface area (Å²) in [6, 6.07) is 25.7. The molecule has 4 rings (SSSR count). The van der Waals surface area contributed by atoms with Crippen molar-refractivity contribution in [2.75, 3.05) is 5.32 Å². The molecule has 0 saturated carbocycles. The summed E-state index contributed by atoms with van der Waals surface area (Å²) in [6.45, 7) is 0.454. The predicted molar refractivity (Wildman–Crippen MR) is 114 cm³/mol. The Balaban J connectivity index is 1.43. The second-order valence-electron chi connectivity index (χ2n) is 6.58. The van der Waals surface area contributed by atoms with Crippen LogP contribution >= 0.6 is 0 Å². The van der Waals surface area contributed by atoms with Gasteiger partial charge in [0.15, 0.2) is 0 Å². The molecule has 0 aliphatic carbocycles. The second-order valence-corrected chi connectivity index (χ2v) is 6.58. The Bertz CT molecular complexity index is 1150. The minimum absolute atomic E-state index is 0.181. The molecule has 0 atom stereocenters. The van der Waals surface area contributed by atoms with Gasteiger partial charge in [-0.05, 0) is 42.0 Å². The molecule has 142 valence electrons. The van der Waals surface area contributed by atoms with Gasteiger partial charge in [-0.25, -0.2) is 0 Å². The maximum Gasteiger partial charge on any atom is 0.255 e. The number of hydrogen-bond donors (Lipinski definition) is 2. The van der Waals surface area contributed by atoms with E-state index in [-0.39, 0.29) is 11.8 Å². The molecule has 0 aliphatic heterocycles. The lowest BCUT2D eigenvalue weighted by atomic mass is 10.1. The molecule has 29 heavy (non-hydrogen) atoms. The van der Waals surface area contributed by atoms with Crippen molar-refractivity contribution in [2.45, 2.75) is 6.54 Å². The Kier molecular flexibility index (Phi) is 5.29. The zero-order valence-corrected chi connectivity index (χ0v) is 15.6. The average Bonchev–Trinajstić information content (AvgIpc) is 2.78. The van der Waals surface area contributed by atoms with Crippen molar-refractivity contribution in [2.24, 2.45) is 0 Å². The van der Waals surface area contributed by atoms with Gasteiger partial charge < -0.3 is 10.6 Å². The second kappa shape index (κ2) is 8.35. The highest BCUT2D eigenvalue weighted by atomic mass is 16.2. The van der Waals surface area contributed by atoms with Gasteiger partial charge in [-0.15, -0.1) is 0 Å². The lowest BCUT2D eigenvalue weighted by Crippen LogP contribution is -2.22. The van der Waals surface area contributed by atoms with Gasteiger partial charge in [0.2, 0.25) is 0 Å². The van der Waals surface area contributed by atoms with E-state index in [1.54, 1.807) is 30.5 Å². The quantitative estimate of drug-likeness (QED) is 0.538. The van der Waals surface area contributed by atoms with Crippen LogP contribution in [0.25, 0.3) is 10.9 Å². The van der Waals surface area contributed by atoms with Crippen molar-refractivity contribution >= 4 is 28.4 Å². The number of pyridine rings is 1. The first kappa shape index (κ1) is 18.4. The van der Waals surface area contributed by atoms with Crippen LogP contribution in [0.1, 0.15) is 26.3 Å². The van der Waals surface area contributed by atoms with E-state index in [0.29, 0.717) is 23.4 Å². The summed E-state index contributed by atoms with van der Waals surface area (Å²) in [7, 11) is 0. The first-order chi connectivity index (χ1) is 14.2. The van der Waals surface area contributed by atoms with Crippen LogP contribution < -0.4 is 10.6 Å². The number of rotatable bonds is 5. The van der Waals surface area contributed by atoms with Gasteiger partial charge in [0, 0.05) is 29.3 Å². The van der Waals surface area contributed by atoms with Crippen molar-refractivity contribution in [3.05, 3.63) is 108 Å². The number of carbonyl (C=O) groups excluding carboxylic acids is 2. The third-order valence-electron chi connectivity index (χ3n) is 4.59. The summed E-state index contributed by atoms with van der Waals surface area (Å²) in [5.41, 5.74) is 3.39. The lowest BCUT2D eigenvalue weighted by molar-refractivity contribution is 0.0949. The van der Waals surface area contributed by atoms with Crippen LogP contribution in [0, 0.1) is 0 Å². The monoisotopic (exact) mass is 381 g/mol. The lowest BCUT2D eigenvalue weighted by Gasteiger charge is -2.09. The molecule has 3 aromatic carbocycles. The molecule has 0 radical (unpaired) electrons. The number of carbonyl (C=O) groups is 2. The van der Waals surface area contributed by atoms with Gasteiger partial charge in [-0.3, -0.25) is 14.6 Å². The summed E-state index contributed by atoms with van der Waals surface area (Å²) in [5.74, 6) is -0.432. The van der Waals surface area contributed by atoms with E-state index in [9.17, 15) is 9.59 Å². The van der Waals surface area contributed by atoms with Crippen LogP contribution in [0.5, 0.6) is 0 Å². The summed E-state index contributed by atoms with van der Waals surface area (Å²) >= 11 is 0. The first-order valence-electron chi connectivity index (χ1n) is 9.28. The fraction of sp³-hybridized carbons (Fsp3) is 0.0417. The van der Waals surface area contributed by atoms with Crippen molar-refractivity contribution < 1.29 is 9.59 Å². The summed E-state index contributed by atoms with van der Waals surface area (Å²) < 4.78 is 0. The number of amides is 2. The molecule has 5 nitrogen and oxygen atoms in total. The number of nitrogens with zero attached hydrogens (tertiary/aromatic N) is 1. The SMILES string of the molecule is O=C(NCc1ccccc1)c1ccc(C(=O)Nc2cccc3cccnc23)cc1. The summed E-state index contributed by atoms with van der Waals surface area (Å²) in [6.07, 6.45) is 1.70. The molecule has 0 unspecified atom stereocenters. The molecule has 4 aromatic rings. The van der Waals surface area contributed by atoms with Gasteiger partial charge in [0.1, 0.15) is 0 Å². The first-order valence-corrected chi connectivity index (χ1v) is 9.28. The van der Waals surface area contributed by atoms with Crippen LogP contribution in [0.4, 0.5) is 5.69 Å². The normalized spacial score (nSPS) is 10.5. The van der Waals surface area contributed by atoms with Crippen molar-refractivity contribution in [1.29, 1.82) is 0 Å². The van der Waals surface area contributed by atoms with Crippen molar-refractivity contribution in [1.82, 2.24) is 10.3 Å². The van der Waals surface area contributed by atoms with E-state index in [1.165, 1.54) is 0 Å². The maximum absolute atomic E-state index is 12.6. The fourth-order valence-electron chi connectivity index (χ4n) is 3.05. The molecule has 2 N–H and O–H groups in total. The third kappa shape index (κ3) is 4.30. The van der Waals surface area contributed by atoms with Gasteiger partial charge >= 0.3 is 0 Å². The zero-order valence-electron chi connectivity index (χ0n) is 15.6. The van der Waals surface area contributed by atoms with E-state index in [4.69, 9.17) is 0 Å². The topological polar surface area (TPSA) is 71.1 Å². The molecule has 0 aliphatic rings. The Morgan fingerprint density at radius 1 is 0.724 bits per heavy atom. The standard InChI is InChI=1S/C24H19N3O2/c28-23(26-16-17-6-2-1-3-7-17)19-11-13-20(14-12-19)24(29)27-21-10-4-8-18-9-5-15-25-22(18)21/h1-15H,16H2,(H,26,28)(H,27,29). The fourth-order valence-corrected chi connectivity index (χ4v) is 3.05. The number of fused-ring (bicyclic) bond motifs is 1. The van der Waals surface area contributed by atoms with E-state index in [0.717, 1.165) is 16.5 Å². The smallest absolute Gasteiger partial charge is 0.255 e. The van der Waals surface area contributed by atoms with E-state index < -0.39 is 0 Å². The van der Waals surface area contributed by atoms with Crippen molar-refractivity contribution in [3.8, 4) is 0 Å². The number of nitrogens with one attached hydrogen (secondary N) is 2. The minimum atomic E-state index is -0.251. The summed E-state index contributed by atoms with van der Waals surface area (Å²) in [4.78, 5) is 29.3. The molecular formula is C24H19N3O2. The molecule has 0 bridgehead atoms. The van der Waals surface area contributed by atoms with Crippen molar-refractivity contribution in [3.63, 3.8) is 0 Å². The number of aromatic nitrogens is 1. The molecule has 1 aromatic heterocycles. The molecule has 1 heterocycles. The van der Waals surface area contributed by atoms with Gasteiger partial charge in [-0.2, -0.15) is 0 Å².